The summed E-state index contributed by atoms with van der Waals surface area (Å²) in [5.41, 5.74) is 14.7. The maximum absolute atomic E-state index is 12.8. The van der Waals surface area contributed by atoms with Gasteiger partial charge >= 0.3 is 35.8 Å². The van der Waals surface area contributed by atoms with Crippen molar-refractivity contribution in [2.75, 3.05) is 60.6 Å². The number of hydrogen-bond donors (Lipinski definition) is 11. The molecule has 0 aliphatic heterocycles. The Labute approximate surface area is 698 Å². The number of aromatic nitrogens is 22. The van der Waals surface area contributed by atoms with Crippen molar-refractivity contribution in [3.05, 3.63) is 257 Å². The first-order valence-electron chi connectivity index (χ1n) is 39.0. The summed E-state index contributed by atoms with van der Waals surface area (Å²) in [5, 5.41) is 36.1. The van der Waals surface area contributed by atoms with Crippen LogP contribution in [-0.4, -0.2) is 182 Å². The van der Waals surface area contributed by atoms with Gasteiger partial charge in [0.1, 0.15) is 22.1 Å². The van der Waals surface area contributed by atoms with Crippen LogP contribution >= 0.6 is 0 Å². The zero-order valence-electron chi connectivity index (χ0n) is 67.8. The van der Waals surface area contributed by atoms with Crippen molar-refractivity contribution in [2.45, 2.75) is 48.1 Å². The number of benzene rings is 4. The van der Waals surface area contributed by atoms with Crippen LogP contribution in [0.5, 0.6) is 0 Å². The predicted molar refractivity (Wildman–Crippen MR) is 464 cm³/mol. The van der Waals surface area contributed by atoms with Crippen LogP contribution in [-0.2, 0) is 25.4 Å². The van der Waals surface area contributed by atoms with Gasteiger partial charge in [0.2, 0.25) is 23.8 Å². The number of carbonyl (C=O) groups is 5. The van der Waals surface area contributed by atoms with Gasteiger partial charge in [-0.05, 0) is 161 Å². The fourth-order valence-corrected chi connectivity index (χ4v) is 13.2. The Hall–Kier alpha value is -16.8. The third kappa shape index (κ3) is 19.1. The molecule has 17 aromatic rings. The number of ether oxygens (including phenoxy) is 1. The molecule has 4 aromatic carbocycles. The molecule has 39 heteroatoms. The lowest BCUT2D eigenvalue weighted by atomic mass is 10.1. The highest BCUT2D eigenvalue weighted by molar-refractivity contribution is 5.99. The molecule has 0 unspecified atom stereocenters. The summed E-state index contributed by atoms with van der Waals surface area (Å²) >= 11 is 0. The fraction of sp³-hybridized carbons (Fsp3) is 0.179. The van der Waals surface area contributed by atoms with E-state index in [1.165, 1.54) is 23.9 Å². The first-order valence-corrected chi connectivity index (χ1v) is 39.0. The highest BCUT2D eigenvalue weighted by Crippen LogP contribution is 2.35. The lowest BCUT2D eigenvalue weighted by Crippen LogP contribution is -2.37. The second-order valence-corrected chi connectivity index (χ2v) is 27.2. The van der Waals surface area contributed by atoms with Gasteiger partial charge in [-0.25, -0.2) is 67.4 Å². The van der Waals surface area contributed by atoms with E-state index in [1.54, 1.807) is 128 Å². The summed E-state index contributed by atoms with van der Waals surface area (Å²) < 4.78 is 15.8. The van der Waals surface area contributed by atoms with Crippen LogP contribution in [0.25, 0.3) is 112 Å². The molecule has 0 aliphatic carbocycles. The van der Waals surface area contributed by atoms with Crippen molar-refractivity contribution in [2.24, 2.45) is 14.1 Å². The number of carbonyl (C=O) groups excluding carboxylic acids is 5. The molecule has 0 spiro atoms. The number of hydrogen-bond acceptors (Lipinski definition) is 20. The van der Waals surface area contributed by atoms with Crippen LogP contribution < -0.4 is 54.0 Å². The number of amides is 8. The largest absolute Gasteiger partial charge is 0.462 e. The van der Waals surface area contributed by atoms with Crippen LogP contribution in [0, 0.1) is 0 Å². The minimum absolute atomic E-state index is 0.132. The number of nitrogens with zero attached hydrogens (tertiary/aromatic N) is 19. The molecule has 624 valence electrons. The van der Waals surface area contributed by atoms with Crippen LogP contribution in [0.1, 0.15) is 57.6 Å². The number of imidazole rings is 4. The van der Waals surface area contributed by atoms with Gasteiger partial charge in [-0.2, -0.15) is 20.4 Å². The van der Waals surface area contributed by atoms with Crippen LogP contribution in [0.4, 0.5) is 43.0 Å². The Kier molecular flexibility index (Phi) is 25.3. The molecular weight excluding hydrogens is 1570 g/mol. The molecule has 11 N–H and O–H groups in total. The minimum Gasteiger partial charge on any atom is -0.462 e. The second-order valence-electron chi connectivity index (χ2n) is 27.2. The standard InChI is InChI=1S/C24H22N8O2.C21H21N7O3.C20H21N7O.C19H20N8O3/c1-2-25-24(34)30-23-28-19-12-17(13-20(22(19)29-23)32-10-5-9-27-32)16-7-11-31(21(33)14-16)15-18-6-3-4-8-26-18;1-3-23-21(30)27-20-25-16-8-14(13-6-5-7-22-10-13)9-17(18(16)26-20)28-12-15(11-24-28)19(29)31-4-2;1-3-26(4-2)20(28)25-19-23-16-11-15(14-7-5-8-21-13-14)12-17(18(16)24-19)27-10-6-9-22-27;1-4-20-18(29)24-17-22-12-8-11(13-10-15(28)26(3)19(30)25(13)2)9-14(16(12)23-17)27-7-5-6-21-27/h3-14H,2,15H2,1H3,(H3,25,28,29,30,34);5-12H,3-4H2,1-2H3,(H3,23,25,26,27,30);5-13H,3-4H2,1-2H3,(H2,23,24,25,28);5-10H,4H2,1-3H3,(H3,20,22,23,24,29). The smallest absolute Gasteiger partial charge is 0.341 e. The molecule has 0 atom stereocenters. The van der Waals surface area contributed by atoms with Crippen molar-refractivity contribution < 1.29 is 28.7 Å². The summed E-state index contributed by atoms with van der Waals surface area (Å²) in [6.07, 6.45) is 24.0. The number of rotatable bonds is 21. The van der Waals surface area contributed by atoms with Crippen molar-refractivity contribution in [3.63, 3.8) is 0 Å². The molecule has 0 bridgehead atoms. The molecule has 17 rings (SSSR count). The molecule has 39 nitrogen and oxygen atoms in total. The quantitative estimate of drug-likeness (QED) is 0.0298. The Morgan fingerprint density at radius 1 is 0.423 bits per heavy atom. The van der Waals surface area contributed by atoms with E-state index < -0.39 is 17.2 Å². The highest BCUT2D eigenvalue weighted by atomic mass is 16.5. The van der Waals surface area contributed by atoms with Crippen molar-refractivity contribution in [1.29, 1.82) is 0 Å². The normalized spacial score (nSPS) is 10.9. The molecular formula is C84H84N30O9. The van der Waals surface area contributed by atoms with Gasteiger partial charge < -0.3 is 50.1 Å². The summed E-state index contributed by atoms with van der Waals surface area (Å²) in [5.74, 6) is 0.831. The van der Waals surface area contributed by atoms with E-state index in [1.807, 2.05) is 150 Å². The number of nitrogens with one attached hydrogen (secondary N) is 11. The lowest BCUT2D eigenvalue weighted by Gasteiger charge is -2.17. The maximum Gasteiger partial charge on any atom is 0.341 e. The van der Waals surface area contributed by atoms with Gasteiger partial charge in [0.15, 0.2) is 0 Å². The van der Waals surface area contributed by atoms with Gasteiger partial charge in [-0.1, -0.05) is 18.2 Å². The van der Waals surface area contributed by atoms with Gasteiger partial charge in [-0.3, -0.25) is 54.9 Å². The molecule has 0 fully saturated rings. The van der Waals surface area contributed by atoms with E-state index in [0.717, 1.165) is 66.0 Å². The Balaban J connectivity index is 0.000000134. The van der Waals surface area contributed by atoms with E-state index in [9.17, 15) is 38.4 Å². The van der Waals surface area contributed by atoms with E-state index in [4.69, 9.17) is 4.74 Å². The third-order valence-electron chi connectivity index (χ3n) is 19.0. The molecule has 0 radical (unpaired) electrons. The maximum atomic E-state index is 12.8. The Bertz CT molecular complexity index is 6800. The van der Waals surface area contributed by atoms with Crippen molar-refractivity contribution in [1.82, 2.24) is 128 Å². The summed E-state index contributed by atoms with van der Waals surface area (Å²) in [6.45, 7) is 14.5. The summed E-state index contributed by atoms with van der Waals surface area (Å²) in [4.78, 5) is 143. The molecule has 123 heavy (non-hydrogen) atoms. The SMILES string of the molecule is CCN(CC)C(=O)Nc1nc2c(-n3cccn3)cc(-c3cccnc3)cc2[nH]1.CCNC(=O)Nc1nc2c(-n3cc(C(=O)OCC)cn3)cc(-c3cccnc3)cc2[nH]1.CCNC(=O)Nc1nc2c(-n3cccn3)cc(-c3cc(=O)n(C)c(=O)n3C)cc2[nH]1.CCNC(=O)Nc1nc2c(-n3cccn3)cc(-c3ccn(Cc4ccccn4)c(=O)c3)cc2[nH]1. The lowest BCUT2D eigenvalue weighted by molar-refractivity contribution is 0.0526. The number of pyridine rings is 4. The molecule has 0 saturated carbocycles. The number of urea groups is 4. The zero-order chi connectivity index (χ0) is 86.2. The van der Waals surface area contributed by atoms with E-state index in [0.29, 0.717) is 118 Å². The van der Waals surface area contributed by atoms with E-state index in [2.05, 4.69) is 112 Å². The molecule has 0 aliphatic rings. The number of anilines is 4. The average molecular weight is 1660 g/mol. The first-order chi connectivity index (χ1) is 59.8. The Morgan fingerprint density at radius 3 is 1.29 bits per heavy atom. The fourth-order valence-electron chi connectivity index (χ4n) is 13.2. The molecule has 13 aromatic heterocycles. The molecule has 0 saturated heterocycles. The number of esters is 1. The number of fused-ring (bicyclic) bond motifs is 4. The molecule has 13 heterocycles. The van der Waals surface area contributed by atoms with Crippen molar-refractivity contribution in [3.8, 4) is 67.4 Å². The minimum atomic E-state index is -0.450. The van der Waals surface area contributed by atoms with Crippen molar-refractivity contribution >= 4 is 98.0 Å². The third-order valence-corrected chi connectivity index (χ3v) is 19.0. The van der Waals surface area contributed by atoms with Crippen LogP contribution in [0.3, 0.4) is 0 Å². The van der Waals surface area contributed by atoms with Gasteiger partial charge in [0.25, 0.3) is 11.1 Å². The zero-order valence-corrected chi connectivity index (χ0v) is 67.8. The van der Waals surface area contributed by atoms with Crippen LogP contribution in [0.15, 0.2) is 229 Å². The number of H-pyrrole nitrogens is 4. The first kappa shape index (κ1) is 82.7. The number of aromatic amines is 4. The van der Waals surface area contributed by atoms with Gasteiger partial charge in [0, 0.05) is 156 Å². The summed E-state index contributed by atoms with van der Waals surface area (Å²) in [7, 11) is 3.03. The topological polar surface area (TPSA) is 473 Å². The molecule has 8 amide bonds. The monoisotopic (exact) mass is 1660 g/mol. The van der Waals surface area contributed by atoms with E-state index in [-0.39, 0.29) is 42.2 Å². The van der Waals surface area contributed by atoms with Gasteiger partial charge in [-0.15, -0.1) is 0 Å². The average Bonchev–Trinajstić information content (AvgIpc) is 1.50. The predicted octanol–water partition coefficient (Wildman–Crippen LogP) is 10.9. The highest BCUT2D eigenvalue weighted by Gasteiger charge is 2.23. The summed E-state index contributed by atoms with van der Waals surface area (Å²) in [6, 6.07) is 37.6. The van der Waals surface area contributed by atoms with Gasteiger partial charge in [0.05, 0.1) is 81.1 Å². The van der Waals surface area contributed by atoms with E-state index >= 15 is 0 Å². The van der Waals surface area contributed by atoms with Crippen LogP contribution in [0.2, 0.25) is 0 Å². The second kappa shape index (κ2) is 37.7. The Morgan fingerprint density at radius 2 is 0.878 bits per heavy atom.